The summed E-state index contributed by atoms with van der Waals surface area (Å²) in [4.78, 5) is 4.78. The topological polar surface area (TPSA) is 17.3 Å². The first-order valence-corrected chi connectivity index (χ1v) is 8.76. The van der Waals surface area contributed by atoms with Gasteiger partial charge in [0.05, 0.1) is 27.8 Å². The van der Waals surface area contributed by atoms with Crippen LogP contribution in [0.4, 0.5) is 4.39 Å². The lowest BCUT2D eigenvalue weighted by molar-refractivity contribution is 0.630. The number of rotatable bonds is 1. The molecule has 0 saturated heterocycles. The summed E-state index contributed by atoms with van der Waals surface area (Å²) in [7, 11) is 0. The largest absolute Gasteiger partial charge is 0.306 e. The first-order chi connectivity index (χ1) is 12.2. The first-order valence-electron chi connectivity index (χ1n) is 7.97. The third kappa shape index (κ3) is 2.18. The lowest BCUT2D eigenvalue weighted by Crippen LogP contribution is -1.96. The van der Waals surface area contributed by atoms with Crippen LogP contribution in [0.1, 0.15) is 0 Å². The van der Waals surface area contributed by atoms with Gasteiger partial charge in [-0.05, 0) is 42.5 Å². The Morgan fingerprint density at radius 3 is 2.40 bits per heavy atom. The van der Waals surface area contributed by atoms with E-state index >= 15 is 0 Å². The predicted molar refractivity (Wildman–Crippen MR) is 103 cm³/mol. The fourth-order valence-electron chi connectivity index (χ4n) is 3.39. The SMILES string of the molecule is Fc1cc(Br)ccc1-c1nc2ccccc2n2c1cc1ccccc12. The van der Waals surface area contributed by atoms with E-state index in [9.17, 15) is 4.39 Å². The first kappa shape index (κ1) is 14.6. The van der Waals surface area contributed by atoms with Gasteiger partial charge in [0.2, 0.25) is 0 Å². The third-order valence-electron chi connectivity index (χ3n) is 4.49. The number of fused-ring (bicyclic) bond motifs is 5. The van der Waals surface area contributed by atoms with Gasteiger partial charge in [0, 0.05) is 15.4 Å². The van der Waals surface area contributed by atoms with E-state index in [2.05, 4.69) is 38.5 Å². The average molecular weight is 391 g/mol. The van der Waals surface area contributed by atoms with Gasteiger partial charge in [-0.2, -0.15) is 0 Å². The van der Waals surface area contributed by atoms with Crippen molar-refractivity contribution in [2.24, 2.45) is 0 Å². The Balaban J connectivity index is 2.02. The molecule has 0 saturated carbocycles. The van der Waals surface area contributed by atoms with Gasteiger partial charge >= 0.3 is 0 Å². The summed E-state index contributed by atoms with van der Waals surface area (Å²) in [5, 5.41) is 1.11. The number of para-hydroxylation sites is 3. The monoisotopic (exact) mass is 390 g/mol. The zero-order chi connectivity index (χ0) is 17.0. The Kier molecular flexibility index (Phi) is 3.15. The molecule has 120 valence electrons. The normalized spacial score (nSPS) is 11.6. The molecule has 0 spiro atoms. The Bertz CT molecular complexity index is 1270. The molecule has 5 rings (SSSR count). The molecule has 25 heavy (non-hydrogen) atoms. The minimum Gasteiger partial charge on any atom is -0.306 e. The number of hydrogen-bond acceptors (Lipinski definition) is 1. The smallest absolute Gasteiger partial charge is 0.133 e. The molecule has 2 heterocycles. The Labute approximate surface area is 151 Å². The van der Waals surface area contributed by atoms with Crippen LogP contribution in [-0.4, -0.2) is 9.38 Å². The Hall–Kier alpha value is -2.72. The molecule has 0 aliphatic heterocycles. The van der Waals surface area contributed by atoms with Gasteiger partial charge in [0.1, 0.15) is 5.82 Å². The maximum atomic E-state index is 14.6. The molecule has 4 heteroatoms. The van der Waals surface area contributed by atoms with Crippen LogP contribution in [0.25, 0.3) is 38.7 Å². The zero-order valence-corrected chi connectivity index (χ0v) is 14.7. The molecule has 0 unspecified atom stereocenters. The van der Waals surface area contributed by atoms with Gasteiger partial charge in [-0.25, -0.2) is 9.37 Å². The van der Waals surface area contributed by atoms with E-state index in [4.69, 9.17) is 4.98 Å². The van der Waals surface area contributed by atoms with Crippen molar-refractivity contribution >= 4 is 43.4 Å². The van der Waals surface area contributed by atoms with Crippen LogP contribution in [0.15, 0.2) is 77.3 Å². The van der Waals surface area contributed by atoms with Crippen molar-refractivity contribution in [2.75, 3.05) is 0 Å². The summed E-state index contributed by atoms with van der Waals surface area (Å²) < 4.78 is 17.5. The summed E-state index contributed by atoms with van der Waals surface area (Å²) >= 11 is 3.32. The summed E-state index contributed by atoms with van der Waals surface area (Å²) in [5.74, 6) is -0.288. The highest BCUT2D eigenvalue weighted by Gasteiger charge is 2.16. The van der Waals surface area contributed by atoms with Crippen molar-refractivity contribution in [3.63, 3.8) is 0 Å². The summed E-state index contributed by atoms with van der Waals surface area (Å²) in [6, 6.07) is 23.3. The zero-order valence-electron chi connectivity index (χ0n) is 13.1. The molecule has 5 aromatic rings. The van der Waals surface area contributed by atoms with Crippen LogP contribution in [-0.2, 0) is 0 Å². The standard InChI is InChI=1S/C21H12BrFN2/c22-14-9-10-15(16(23)12-14)21-20-11-13-5-1-3-7-18(13)25(20)19-8-4-2-6-17(19)24-21/h1-12H. The maximum absolute atomic E-state index is 14.6. The van der Waals surface area contributed by atoms with Crippen molar-refractivity contribution in [1.29, 1.82) is 0 Å². The molecule has 3 aromatic carbocycles. The van der Waals surface area contributed by atoms with Crippen molar-refractivity contribution in [3.8, 4) is 11.3 Å². The fourth-order valence-corrected chi connectivity index (χ4v) is 3.73. The molecule has 0 atom stereocenters. The van der Waals surface area contributed by atoms with E-state index in [-0.39, 0.29) is 5.82 Å². The number of hydrogen-bond donors (Lipinski definition) is 0. The maximum Gasteiger partial charge on any atom is 0.133 e. The van der Waals surface area contributed by atoms with E-state index in [1.54, 1.807) is 6.07 Å². The van der Waals surface area contributed by atoms with Gasteiger partial charge in [-0.1, -0.05) is 46.3 Å². The molecule has 0 aliphatic rings. The van der Waals surface area contributed by atoms with Crippen LogP contribution in [0.3, 0.4) is 0 Å². The lowest BCUT2D eigenvalue weighted by atomic mass is 10.1. The summed E-state index contributed by atoms with van der Waals surface area (Å²) in [6.45, 7) is 0. The molecule has 2 nitrogen and oxygen atoms in total. The highest BCUT2D eigenvalue weighted by molar-refractivity contribution is 9.10. The highest BCUT2D eigenvalue weighted by atomic mass is 79.9. The van der Waals surface area contributed by atoms with Gasteiger partial charge in [0.15, 0.2) is 0 Å². The van der Waals surface area contributed by atoms with E-state index in [1.807, 2.05) is 42.5 Å². The van der Waals surface area contributed by atoms with Gasteiger partial charge < -0.3 is 4.40 Å². The van der Waals surface area contributed by atoms with Gasteiger partial charge in [0.25, 0.3) is 0 Å². The molecule has 0 N–H and O–H groups in total. The van der Waals surface area contributed by atoms with Crippen LogP contribution in [0, 0.1) is 5.82 Å². The Morgan fingerprint density at radius 2 is 1.56 bits per heavy atom. The van der Waals surface area contributed by atoms with Crippen LogP contribution >= 0.6 is 15.9 Å². The van der Waals surface area contributed by atoms with Crippen molar-refractivity contribution in [3.05, 3.63) is 83.1 Å². The summed E-state index contributed by atoms with van der Waals surface area (Å²) in [6.07, 6.45) is 0. The molecule has 0 aliphatic carbocycles. The van der Waals surface area contributed by atoms with Crippen LogP contribution in [0.2, 0.25) is 0 Å². The van der Waals surface area contributed by atoms with E-state index in [1.165, 1.54) is 6.07 Å². The minimum absolute atomic E-state index is 0.288. The van der Waals surface area contributed by atoms with Crippen molar-refractivity contribution in [1.82, 2.24) is 9.38 Å². The fraction of sp³-hybridized carbons (Fsp3) is 0. The van der Waals surface area contributed by atoms with E-state index in [0.717, 1.165) is 27.5 Å². The molecular weight excluding hydrogens is 379 g/mol. The Morgan fingerprint density at radius 1 is 0.800 bits per heavy atom. The second-order valence-electron chi connectivity index (χ2n) is 6.00. The lowest BCUT2D eigenvalue weighted by Gasteiger charge is -2.10. The third-order valence-corrected chi connectivity index (χ3v) is 4.99. The average Bonchev–Trinajstić information content (AvgIpc) is 3.01. The second kappa shape index (κ2) is 5.39. The predicted octanol–water partition coefficient (Wildman–Crippen LogP) is 6.21. The van der Waals surface area contributed by atoms with Gasteiger partial charge in [-0.15, -0.1) is 0 Å². The number of aromatic nitrogens is 2. The molecule has 0 bridgehead atoms. The quantitative estimate of drug-likeness (QED) is 0.332. The minimum atomic E-state index is -0.288. The highest BCUT2D eigenvalue weighted by Crippen LogP contribution is 2.33. The van der Waals surface area contributed by atoms with E-state index in [0.29, 0.717) is 15.7 Å². The van der Waals surface area contributed by atoms with Crippen molar-refractivity contribution < 1.29 is 4.39 Å². The van der Waals surface area contributed by atoms with E-state index < -0.39 is 0 Å². The number of halogens is 2. The number of benzene rings is 3. The van der Waals surface area contributed by atoms with Crippen molar-refractivity contribution in [2.45, 2.75) is 0 Å². The number of nitrogens with zero attached hydrogens (tertiary/aromatic N) is 2. The molecular formula is C21H12BrFN2. The van der Waals surface area contributed by atoms with Gasteiger partial charge in [-0.3, -0.25) is 0 Å². The second-order valence-corrected chi connectivity index (χ2v) is 6.91. The molecule has 0 radical (unpaired) electrons. The molecule has 0 fully saturated rings. The summed E-state index contributed by atoms with van der Waals surface area (Å²) in [5.41, 5.74) is 5.01. The van der Waals surface area contributed by atoms with Crippen LogP contribution < -0.4 is 0 Å². The van der Waals surface area contributed by atoms with Crippen LogP contribution in [0.5, 0.6) is 0 Å². The molecule has 2 aromatic heterocycles. The molecule has 0 amide bonds.